The molecule has 0 saturated heterocycles. The van der Waals surface area contributed by atoms with Crippen LogP contribution in [0, 0.1) is 0 Å². The summed E-state index contributed by atoms with van der Waals surface area (Å²) in [5, 5.41) is 39.3. The third-order valence-corrected chi connectivity index (χ3v) is 13.6. The van der Waals surface area contributed by atoms with E-state index in [4.69, 9.17) is 11.5 Å². The van der Waals surface area contributed by atoms with E-state index < -0.39 is 108 Å². The van der Waals surface area contributed by atoms with Crippen molar-refractivity contribution >= 4 is 89.4 Å². The average molecular weight is 1120 g/mol. The molecular weight excluding hydrogens is 1050 g/mol. The Morgan fingerprint density at radius 3 is 1.59 bits per heavy atom. The highest BCUT2D eigenvalue weighted by Gasteiger charge is 2.38. The first-order chi connectivity index (χ1) is 37.8. The van der Waals surface area contributed by atoms with Crippen molar-refractivity contribution in [2.24, 2.45) is 11.5 Å². The number of aliphatic carboxylic acids is 1. The monoisotopic (exact) mass is 1120 g/mol. The van der Waals surface area contributed by atoms with Crippen LogP contribution in [0.2, 0.25) is 0 Å². The topological polar surface area (TPSA) is 349 Å². The van der Waals surface area contributed by atoms with Crippen molar-refractivity contribution in [2.75, 3.05) is 25.1 Å². The number of fused-ring (bicyclic) bond motifs is 1. The lowest BCUT2D eigenvalue weighted by Crippen LogP contribution is -2.64. The molecule has 9 atom stereocenters. The zero-order valence-corrected chi connectivity index (χ0v) is 45.5. The van der Waals surface area contributed by atoms with Gasteiger partial charge in [0.2, 0.25) is 35.4 Å². The number of aliphatic hydroxyl groups is 1. The Labute approximate surface area is 468 Å². The molecule has 0 aliphatic heterocycles. The van der Waals surface area contributed by atoms with Crippen molar-refractivity contribution < 1.29 is 53.4 Å². The van der Waals surface area contributed by atoms with Gasteiger partial charge in [-0.1, -0.05) is 97.1 Å². The van der Waals surface area contributed by atoms with Gasteiger partial charge in [-0.3, -0.25) is 38.4 Å². The van der Waals surface area contributed by atoms with Crippen molar-refractivity contribution in [3.8, 4) is 0 Å². The molecule has 0 aliphatic rings. The van der Waals surface area contributed by atoms with Gasteiger partial charge < -0.3 is 68.8 Å². The number of nitrogens with two attached hydrogens (primary N) is 2. The zero-order chi connectivity index (χ0) is 57.6. The van der Waals surface area contributed by atoms with Crippen LogP contribution in [0.5, 0.6) is 0 Å². The first-order valence-electron chi connectivity index (χ1n) is 25.5. The van der Waals surface area contributed by atoms with Crippen LogP contribution in [-0.4, -0.2) is 153 Å². The van der Waals surface area contributed by atoms with E-state index in [2.05, 4.69) is 67.5 Å². The molecule has 0 radical (unpaired) electrons. The quantitative estimate of drug-likeness (QED) is 0.0165. The number of amides is 8. The van der Waals surface area contributed by atoms with E-state index >= 15 is 0 Å². The van der Waals surface area contributed by atoms with Gasteiger partial charge in [0.15, 0.2) is 6.17 Å². The number of hydrogen-bond acceptors (Lipinski definition) is 14. The van der Waals surface area contributed by atoms with Gasteiger partial charge in [-0.25, -0.2) is 4.79 Å². The number of carboxylic acids is 1. The number of hydrogen-bond donors (Lipinski definition) is 14. The summed E-state index contributed by atoms with van der Waals surface area (Å²) >= 11 is 8.14. The number of aromatic amines is 1. The molecule has 0 saturated carbocycles. The van der Waals surface area contributed by atoms with Gasteiger partial charge in [-0.05, 0) is 67.6 Å². The Balaban J connectivity index is 1.48. The summed E-state index contributed by atoms with van der Waals surface area (Å²) in [4.78, 5) is 130. The van der Waals surface area contributed by atoms with E-state index in [9.17, 15) is 53.4 Å². The van der Waals surface area contributed by atoms with E-state index in [0.29, 0.717) is 34.0 Å². The lowest BCUT2D eigenvalue weighted by atomic mass is 10.0. The molecule has 422 valence electrons. The third-order valence-electron chi connectivity index (χ3n) is 12.8. The number of nitrogens with zero attached hydrogens (tertiary/aromatic N) is 1. The van der Waals surface area contributed by atoms with Gasteiger partial charge in [0.05, 0.1) is 12.1 Å². The van der Waals surface area contributed by atoms with Crippen LogP contribution in [0.25, 0.3) is 10.9 Å². The van der Waals surface area contributed by atoms with Crippen molar-refractivity contribution in [1.82, 2.24) is 47.1 Å². The molecule has 1 aromatic heterocycles. The first kappa shape index (κ1) is 62.1. The number of rotatable bonds is 30. The summed E-state index contributed by atoms with van der Waals surface area (Å²) in [7, 11) is 1.27. The number of carbonyl (C=O) groups excluding carboxylic acids is 8. The summed E-state index contributed by atoms with van der Waals surface area (Å²) in [6.07, 6.45) is -1.59. The molecule has 5 rings (SSSR count). The molecule has 0 unspecified atom stereocenters. The summed E-state index contributed by atoms with van der Waals surface area (Å²) in [6.45, 7) is 1.43. The standard InChI is InChI=1S/C55H69N11O11S2/c1-32(67)45(52(73)61-41(26-33-16-6-3-7-17-33)49(70)63-44(31-79)55(76)77)64-48(69)40(24-14-15-25-56)59-50(71)43(28-36-29-58-39-23-13-12-22-37(36)39)62-53(74)46(66(2)54(75)35-20-10-5-11-21-35)65-51(72)42(60-47(68)38(57)30-78)27-34-18-8-4-9-19-34/h3-13,16-23,29,32,38,40-46,58,67,78-79H,14-15,24-28,30-31,56-57H2,1-2H3,(H,59,71)(H,60,68)(H,61,73)(H,62,74)(H,63,70)(H,64,69)(H,65,72)(H,76,77)/t32-,38-,40+,41+,42+,43-,44+,45+,46+/m1/s1. The van der Waals surface area contributed by atoms with E-state index in [1.165, 1.54) is 26.1 Å². The van der Waals surface area contributed by atoms with Crippen LogP contribution >= 0.6 is 25.3 Å². The number of nitrogens with one attached hydrogen (secondary N) is 8. The molecule has 24 heteroatoms. The number of carboxylic acid groups (broad SMARTS) is 1. The Morgan fingerprint density at radius 2 is 1.05 bits per heavy atom. The third kappa shape index (κ3) is 18.4. The lowest BCUT2D eigenvalue weighted by molar-refractivity contribution is -0.141. The van der Waals surface area contributed by atoms with Gasteiger partial charge in [0.1, 0.15) is 36.3 Å². The van der Waals surface area contributed by atoms with E-state index in [1.54, 1.807) is 109 Å². The van der Waals surface area contributed by atoms with Gasteiger partial charge in [-0.2, -0.15) is 25.3 Å². The number of H-pyrrole nitrogens is 1. The first-order valence-corrected chi connectivity index (χ1v) is 26.8. The van der Waals surface area contributed by atoms with Crippen molar-refractivity contribution in [1.29, 1.82) is 0 Å². The number of likely N-dealkylation sites (N-methyl/N-ethyl adjacent to an activating group) is 1. The van der Waals surface area contributed by atoms with Gasteiger partial charge in [0.25, 0.3) is 11.8 Å². The summed E-state index contributed by atoms with van der Waals surface area (Å²) in [5.41, 5.74) is 14.4. The van der Waals surface area contributed by atoms with Crippen molar-refractivity contribution in [2.45, 2.75) is 100 Å². The maximum Gasteiger partial charge on any atom is 0.327 e. The van der Waals surface area contributed by atoms with Crippen molar-refractivity contribution in [3.05, 3.63) is 144 Å². The number of aromatic nitrogens is 1. The zero-order valence-electron chi connectivity index (χ0n) is 43.7. The van der Waals surface area contributed by atoms with Crippen LogP contribution in [0.3, 0.4) is 0 Å². The molecule has 79 heavy (non-hydrogen) atoms. The summed E-state index contributed by atoms with van der Waals surface area (Å²) in [5.74, 6) is -8.82. The fourth-order valence-corrected chi connectivity index (χ4v) is 8.76. The minimum atomic E-state index is -1.85. The van der Waals surface area contributed by atoms with E-state index in [1.807, 2.05) is 0 Å². The maximum absolute atomic E-state index is 15.0. The highest BCUT2D eigenvalue weighted by Crippen LogP contribution is 2.20. The second kappa shape index (κ2) is 31.0. The molecule has 5 aromatic rings. The second-order valence-corrected chi connectivity index (χ2v) is 19.5. The molecule has 0 spiro atoms. The minimum Gasteiger partial charge on any atom is -0.480 e. The Kier molecular flexibility index (Phi) is 24.3. The number of carbonyl (C=O) groups is 9. The number of thiol groups is 2. The molecule has 0 fully saturated rings. The predicted octanol–water partition coefficient (Wildman–Crippen LogP) is 0.100. The van der Waals surface area contributed by atoms with Crippen LogP contribution < -0.4 is 48.7 Å². The molecule has 0 aliphatic carbocycles. The fourth-order valence-electron chi connectivity index (χ4n) is 8.35. The summed E-state index contributed by atoms with van der Waals surface area (Å²) < 4.78 is 0. The molecule has 1 heterocycles. The van der Waals surface area contributed by atoms with Gasteiger partial charge >= 0.3 is 5.97 Å². The molecule has 8 amide bonds. The van der Waals surface area contributed by atoms with E-state index in [-0.39, 0.29) is 55.7 Å². The number of benzene rings is 4. The fraction of sp³-hybridized carbons (Fsp3) is 0.364. The minimum absolute atomic E-state index is 0.0540. The van der Waals surface area contributed by atoms with Crippen LogP contribution in [-0.2, 0) is 57.6 Å². The Morgan fingerprint density at radius 1 is 0.570 bits per heavy atom. The normalized spacial score (nSPS) is 14.5. The lowest BCUT2D eigenvalue weighted by Gasteiger charge is -2.32. The average Bonchev–Trinajstić information content (AvgIpc) is 3.87. The molecule has 22 nitrogen and oxygen atoms in total. The maximum atomic E-state index is 15.0. The largest absolute Gasteiger partial charge is 0.480 e. The van der Waals surface area contributed by atoms with Gasteiger partial charge in [-0.15, -0.1) is 0 Å². The smallest absolute Gasteiger partial charge is 0.327 e. The van der Waals surface area contributed by atoms with Crippen LogP contribution in [0.1, 0.15) is 53.2 Å². The van der Waals surface area contributed by atoms with Crippen LogP contribution in [0.4, 0.5) is 0 Å². The molecule has 14 N–H and O–H groups in total. The molecule has 4 aromatic carbocycles. The Hall–Kier alpha value is -7.77. The highest BCUT2D eigenvalue weighted by molar-refractivity contribution is 7.80. The SMILES string of the molecule is C[C@@H](O)[C@H](NC(=O)[C@H](CCCCN)NC(=O)[C@@H](Cc1c[nH]c2ccccc12)NC(=O)[C@@H](NC(=O)[C@H](Cc1ccccc1)NC(=O)[C@H](N)CS)N(C)C(=O)c1ccccc1)C(=O)N[C@@H](Cc1ccccc1)C(=O)N[C@@H](CS)C(=O)O. The molecular formula is C55H69N11O11S2. The molecule has 0 bridgehead atoms. The second-order valence-electron chi connectivity index (χ2n) is 18.8. The summed E-state index contributed by atoms with van der Waals surface area (Å²) in [6, 6.07) is 22.3. The number of aliphatic hydroxyl groups excluding tert-OH is 1. The Bertz CT molecular complexity index is 2860. The van der Waals surface area contributed by atoms with E-state index in [0.717, 1.165) is 4.90 Å². The van der Waals surface area contributed by atoms with Gasteiger partial charge in [0, 0.05) is 60.5 Å². The van der Waals surface area contributed by atoms with Crippen molar-refractivity contribution in [3.63, 3.8) is 0 Å². The number of para-hydroxylation sites is 1. The predicted molar refractivity (Wildman–Crippen MR) is 302 cm³/mol. The number of unbranched alkanes of at least 4 members (excludes halogenated alkanes) is 1. The van der Waals surface area contributed by atoms with Crippen LogP contribution in [0.15, 0.2) is 121 Å². The highest BCUT2D eigenvalue weighted by atomic mass is 32.1.